The average Bonchev–Trinajstić information content (AvgIpc) is 3.75. The lowest BCUT2D eigenvalue weighted by Gasteiger charge is -2.26. The second-order valence-electron chi connectivity index (χ2n) is 11.3. The minimum atomic E-state index is 0.925. The molecule has 10 aromatic rings. The number of furan rings is 1. The third kappa shape index (κ3) is 3.53. The first-order chi connectivity index (χ1) is 21.8. The Hall–Kier alpha value is -5.16. The molecule has 0 amide bonds. The highest BCUT2D eigenvalue weighted by molar-refractivity contribution is 7.26. The molecule has 0 aliphatic rings. The number of rotatable bonds is 3. The van der Waals surface area contributed by atoms with Gasteiger partial charge in [-0.2, -0.15) is 0 Å². The standard InChI is InChI=1S/C40H23NOS2/c1-4-10-34-33(9-1)40-28-17-14-25(21-24(28)13-20-35(40)42-34)41(26-15-18-31-29-7-2-5-11-36(29)43-38(31)22-26)27-16-19-32-30-8-3-6-12-37(30)44-39(32)23-27/h1-23H. The van der Waals surface area contributed by atoms with E-state index in [2.05, 4.69) is 132 Å². The zero-order valence-electron chi connectivity index (χ0n) is 23.5. The van der Waals surface area contributed by atoms with Crippen molar-refractivity contribution in [1.82, 2.24) is 0 Å². The van der Waals surface area contributed by atoms with Crippen molar-refractivity contribution in [2.75, 3.05) is 4.90 Å². The predicted molar refractivity (Wildman–Crippen MR) is 192 cm³/mol. The zero-order chi connectivity index (χ0) is 28.8. The van der Waals surface area contributed by atoms with E-state index in [-0.39, 0.29) is 0 Å². The largest absolute Gasteiger partial charge is 0.456 e. The molecule has 0 spiro atoms. The quantitative estimate of drug-likeness (QED) is 0.201. The highest BCUT2D eigenvalue weighted by Gasteiger charge is 2.18. The first kappa shape index (κ1) is 24.3. The second kappa shape index (κ2) is 9.17. The van der Waals surface area contributed by atoms with E-state index in [4.69, 9.17) is 4.42 Å². The zero-order valence-corrected chi connectivity index (χ0v) is 25.1. The van der Waals surface area contributed by atoms with Crippen molar-refractivity contribution < 1.29 is 4.42 Å². The summed E-state index contributed by atoms with van der Waals surface area (Å²) in [6.45, 7) is 0. The summed E-state index contributed by atoms with van der Waals surface area (Å²) in [4.78, 5) is 2.41. The van der Waals surface area contributed by atoms with Gasteiger partial charge in [-0.15, -0.1) is 22.7 Å². The van der Waals surface area contributed by atoms with E-state index in [1.807, 2.05) is 34.8 Å². The smallest absolute Gasteiger partial charge is 0.136 e. The molecule has 0 bridgehead atoms. The van der Waals surface area contributed by atoms with E-state index < -0.39 is 0 Å². The molecule has 206 valence electrons. The van der Waals surface area contributed by atoms with E-state index in [1.165, 1.54) is 56.5 Å². The number of benzene rings is 7. The van der Waals surface area contributed by atoms with E-state index >= 15 is 0 Å². The topological polar surface area (TPSA) is 16.4 Å². The van der Waals surface area contributed by atoms with Crippen LogP contribution in [-0.2, 0) is 0 Å². The molecule has 0 N–H and O–H groups in total. The van der Waals surface area contributed by atoms with E-state index in [0.717, 1.165) is 33.6 Å². The minimum absolute atomic E-state index is 0.925. The van der Waals surface area contributed by atoms with Gasteiger partial charge in [-0.05, 0) is 71.4 Å². The van der Waals surface area contributed by atoms with Crippen LogP contribution < -0.4 is 4.90 Å². The lowest BCUT2D eigenvalue weighted by Crippen LogP contribution is -2.09. The van der Waals surface area contributed by atoms with Crippen LogP contribution in [0.15, 0.2) is 144 Å². The molecular weight excluding hydrogens is 575 g/mol. The number of nitrogens with zero attached hydrogens (tertiary/aromatic N) is 1. The highest BCUT2D eigenvalue weighted by Crippen LogP contribution is 2.44. The van der Waals surface area contributed by atoms with E-state index in [9.17, 15) is 0 Å². The molecule has 0 atom stereocenters. The predicted octanol–water partition coefficient (Wildman–Crippen LogP) is 12.9. The van der Waals surface area contributed by atoms with Crippen molar-refractivity contribution >= 4 is 113 Å². The SMILES string of the molecule is c1ccc2c(c1)oc1ccc3cc(N(c4ccc5c(c4)sc4ccccc45)c4ccc5c(c4)sc4ccccc45)ccc3c12. The van der Waals surface area contributed by atoms with Crippen LogP contribution in [0.1, 0.15) is 0 Å². The van der Waals surface area contributed by atoms with Crippen molar-refractivity contribution in [2.45, 2.75) is 0 Å². The summed E-state index contributed by atoms with van der Waals surface area (Å²) < 4.78 is 11.4. The van der Waals surface area contributed by atoms with Gasteiger partial charge < -0.3 is 9.32 Å². The van der Waals surface area contributed by atoms with Gasteiger partial charge >= 0.3 is 0 Å². The molecule has 0 aliphatic carbocycles. The molecule has 0 saturated heterocycles. The second-order valence-corrected chi connectivity index (χ2v) is 13.5. The Balaban J connectivity index is 1.21. The molecular formula is C40H23NOS2. The summed E-state index contributed by atoms with van der Waals surface area (Å²) in [6, 6.07) is 50.7. The van der Waals surface area contributed by atoms with Crippen molar-refractivity contribution in [1.29, 1.82) is 0 Å². The Morgan fingerprint density at radius 3 is 1.57 bits per heavy atom. The van der Waals surface area contributed by atoms with Gasteiger partial charge in [0, 0.05) is 68.2 Å². The van der Waals surface area contributed by atoms with Gasteiger partial charge in [0.1, 0.15) is 11.2 Å². The third-order valence-electron chi connectivity index (χ3n) is 8.84. The van der Waals surface area contributed by atoms with Crippen LogP contribution >= 0.6 is 22.7 Å². The maximum Gasteiger partial charge on any atom is 0.136 e. The van der Waals surface area contributed by atoms with Crippen molar-refractivity contribution in [2.24, 2.45) is 0 Å². The van der Waals surface area contributed by atoms with Crippen LogP contribution in [0.2, 0.25) is 0 Å². The van der Waals surface area contributed by atoms with Crippen LogP contribution in [0, 0.1) is 0 Å². The van der Waals surface area contributed by atoms with Gasteiger partial charge in [0.15, 0.2) is 0 Å². The fourth-order valence-corrected chi connectivity index (χ4v) is 9.11. The normalized spacial score (nSPS) is 12.1. The van der Waals surface area contributed by atoms with Crippen LogP contribution in [0.25, 0.3) is 73.1 Å². The Morgan fingerprint density at radius 1 is 0.386 bits per heavy atom. The fraction of sp³-hybridized carbons (Fsp3) is 0. The Kier molecular flexibility index (Phi) is 5.06. The molecule has 3 aromatic heterocycles. The van der Waals surface area contributed by atoms with Gasteiger partial charge in [0.05, 0.1) is 0 Å². The number of thiophene rings is 2. The first-order valence-corrected chi connectivity index (χ1v) is 16.4. The molecule has 0 unspecified atom stereocenters. The number of hydrogen-bond acceptors (Lipinski definition) is 4. The highest BCUT2D eigenvalue weighted by atomic mass is 32.1. The lowest BCUT2D eigenvalue weighted by molar-refractivity contribution is 0.669. The molecule has 3 heterocycles. The molecule has 7 aromatic carbocycles. The number of para-hydroxylation sites is 1. The molecule has 10 rings (SSSR count). The maximum atomic E-state index is 6.20. The summed E-state index contributed by atoms with van der Waals surface area (Å²) in [5, 5.41) is 9.98. The number of hydrogen-bond donors (Lipinski definition) is 0. The van der Waals surface area contributed by atoms with E-state index in [1.54, 1.807) is 0 Å². The monoisotopic (exact) mass is 597 g/mol. The van der Waals surface area contributed by atoms with Crippen LogP contribution in [0.5, 0.6) is 0 Å². The van der Waals surface area contributed by atoms with Crippen molar-refractivity contribution in [3.05, 3.63) is 140 Å². The van der Waals surface area contributed by atoms with Gasteiger partial charge in [-0.3, -0.25) is 0 Å². The average molecular weight is 598 g/mol. The minimum Gasteiger partial charge on any atom is -0.456 e. The molecule has 0 saturated carbocycles. The summed E-state index contributed by atoms with van der Waals surface area (Å²) in [5.41, 5.74) is 5.28. The van der Waals surface area contributed by atoms with Gasteiger partial charge in [-0.25, -0.2) is 0 Å². The molecule has 0 fully saturated rings. The number of anilines is 3. The molecule has 44 heavy (non-hydrogen) atoms. The fourth-order valence-electron chi connectivity index (χ4n) is 6.83. The van der Waals surface area contributed by atoms with Gasteiger partial charge in [0.25, 0.3) is 0 Å². The Labute approximate surface area is 260 Å². The van der Waals surface area contributed by atoms with E-state index in [0.29, 0.717) is 0 Å². The summed E-state index contributed by atoms with van der Waals surface area (Å²) >= 11 is 3.72. The molecule has 2 nitrogen and oxygen atoms in total. The maximum absolute atomic E-state index is 6.20. The van der Waals surface area contributed by atoms with Crippen LogP contribution in [0.3, 0.4) is 0 Å². The summed E-state index contributed by atoms with van der Waals surface area (Å²) in [6.07, 6.45) is 0. The van der Waals surface area contributed by atoms with Gasteiger partial charge in [-0.1, -0.05) is 78.9 Å². The number of fused-ring (bicyclic) bond motifs is 11. The van der Waals surface area contributed by atoms with Crippen LogP contribution in [0.4, 0.5) is 17.1 Å². The third-order valence-corrected chi connectivity index (χ3v) is 11.1. The summed E-state index contributed by atoms with van der Waals surface area (Å²) in [5.74, 6) is 0. The molecule has 0 aliphatic heterocycles. The Bertz CT molecular complexity index is 2630. The van der Waals surface area contributed by atoms with Gasteiger partial charge in [0.2, 0.25) is 0 Å². The lowest BCUT2D eigenvalue weighted by atomic mass is 10.0. The molecule has 4 heteroatoms. The molecule has 0 radical (unpaired) electrons. The Morgan fingerprint density at radius 2 is 0.909 bits per heavy atom. The van der Waals surface area contributed by atoms with Crippen molar-refractivity contribution in [3.63, 3.8) is 0 Å². The van der Waals surface area contributed by atoms with Crippen LogP contribution in [-0.4, -0.2) is 0 Å². The summed E-state index contributed by atoms with van der Waals surface area (Å²) in [7, 11) is 0. The first-order valence-electron chi connectivity index (χ1n) is 14.8. The van der Waals surface area contributed by atoms with Crippen molar-refractivity contribution in [3.8, 4) is 0 Å².